The van der Waals surface area contributed by atoms with Gasteiger partial charge in [-0.3, -0.25) is 9.59 Å². The highest BCUT2D eigenvalue weighted by Gasteiger charge is 2.11. The largest absolute Gasteiger partial charge is 0.319 e. The highest BCUT2D eigenvalue weighted by Crippen LogP contribution is 2.10. The first kappa shape index (κ1) is 15.1. The Labute approximate surface area is 123 Å². The van der Waals surface area contributed by atoms with E-state index in [-0.39, 0.29) is 17.9 Å². The number of carbonyl (C=O) groups excluding carboxylic acids is 1. The summed E-state index contributed by atoms with van der Waals surface area (Å²) in [6.45, 7) is -1.12. The number of anilines is 1. The lowest BCUT2D eigenvalue weighted by molar-refractivity contribution is 0.102. The van der Waals surface area contributed by atoms with Crippen LogP contribution >= 0.6 is 11.6 Å². The summed E-state index contributed by atoms with van der Waals surface area (Å²) in [5.41, 5.74) is -0.847. The molecule has 0 fully saturated rings. The van der Waals surface area contributed by atoms with Crippen molar-refractivity contribution in [2.45, 2.75) is 6.54 Å². The second-order valence-corrected chi connectivity index (χ2v) is 4.52. The lowest BCUT2D eigenvalue weighted by Gasteiger charge is -2.08. The average molecular weight is 314 g/mol. The van der Waals surface area contributed by atoms with Gasteiger partial charge in [0.25, 0.3) is 11.5 Å². The minimum atomic E-state index is -1.08. The molecule has 5 nitrogen and oxygen atoms in total. The van der Waals surface area contributed by atoms with Crippen LogP contribution in [0.1, 0.15) is 10.5 Å². The summed E-state index contributed by atoms with van der Waals surface area (Å²) < 4.78 is 26.6. The number of carbonyl (C=O) groups is 1. The average Bonchev–Trinajstić information content (AvgIpc) is 2.45. The molecular weight excluding hydrogens is 304 g/mol. The van der Waals surface area contributed by atoms with E-state index in [9.17, 15) is 18.4 Å². The Hall–Kier alpha value is -2.28. The minimum Gasteiger partial charge on any atom is -0.319 e. The van der Waals surface area contributed by atoms with E-state index in [1.54, 1.807) is 0 Å². The van der Waals surface area contributed by atoms with Gasteiger partial charge in [-0.25, -0.2) is 13.8 Å². The number of halogens is 3. The molecule has 2 aromatic heterocycles. The number of aromatic nitrogens is 2. The molecular formula is C13H10ClF2N3O2. The molecule has 8 heteroatoms. The molecule has 2 rings (SSSR count). The summed E-state index contributed by atoms with van der Waals surface area (Å²) in [5, 5.41) is 2.75. The zero-order chi connectivity index (χ0) is 15.4. The summed E-state index contributed by atoms with van der Waals surface area (Å²) in [4.78, 5) is 27.1. The minimum absolute atomic E-state index is 0.0299. The normalized spacial score (nSPS) is 10.4. The van der Waals surface area contributed by atoms with E-state index in [1.165, 1.54) is 24.5 Å². The van der Waals surface area contributed by atoms with Gasteiger partial charge in [-0.2, -0.15) is 0 Å². The van der Waals surface area contributed by atoms with E-state index >= 15 is 0 Å². The molecule has 2 aromatic rings. The van der Waals surface area contributed by atoms with Crippen LogP contribution in [0.4, 0.5) is 14.5 Å². The third kappa shape index (κ3) is 3.63. The van der Waals surface area contributed by atoms with E-state index < -0.39 is 24.0 Å². The maximum absolute atomic E-state index is 13.4. The second kappa shape index (κ2) is 6.45. The van der Waals surface area contributed by atoms with Gasteiger partial charge < -0.3 is 9.88 Å². The number of nitrogens with one attached hydrogen (secondary N) is 1. The van der Waals surface area contributed by atoms with Crippen LogP contribution in [-0.4, -0.2) is 22.1 Å². The van der Waals surface area contributed by atoms with Gasteiger partial charge in [0.05, 0.1) is 17.3 Å². The lowest BCUT2D eigenvalue weighted by Crippen LogP contribution is -2.25. The predicted molar refractivity (Wildman–Crippen MR) is 73.8 cm³/mol. The Morgan fingerprint density at radius 3 is 2.81 bits per heavy atom. The van der Waals surface area contributed by atoms with Crippen molar-refractivity contribution in [2.24, 2.45) is 0 Å². The van der Waals surface area contributed by atoms with Gasteiger partial charge >= 0.3 is 0 Å². The number of nitrogens with zero attached hydrogens (tertiary/aromatic N) is 2. The number of amides is 1. The third-order valence-electron chi connectivity index (χ3n) is 2.59. The Morgan fingerprint density at radius 1 is 1.43 bits per heavy atom. The van der Waals surface area contributed by atoms with Crippen molar-refractivity contribution in [3.8, 4) is 0 Å². The quantitative estimate of drug-likeness (QED) is 0.941. The molecule has 0 aliphatic heterocycles. The van der Waals surface area contributed by atoms with E-state index in [0.29, 0.717) is 5.02 Å². The van der Waals surface area contributed by atoms with E-state index in [4.69, 9.17) is 11.6 Å². The molecule has 0 aliphatic carbocycles. The fraction of sp³-hybridized carbons (Fsp3) is 0.154. The second-order valence-electron chi connectivity index (χ2n) is 4.08. The van der Waals surface area contributed by atoms with Crippen LogP contribution in [0.2, 0.25) is 5.02 Å². The smallest absolute Gasteiger partial charge is 0.286 e. The van der Waals surface area contributed by atoms with Crippen molar-refractivity contribution in [1.29, 1.82) is 0 Å². The first-order valence-corrected chi connectivity index (χ1v) is 6.28. The summed E-state index contributed by atoms with van der Waals surface area (Å²) in [6.07, 6.45) is 2.46. The predicted octanol–water partition coefficient (Wildman–Crippen LogP) is 2.26. The summed E-state index contributed by atoms with van der Waals surface area (Å²) >= 11 is 5.65. The Bertz CT molecular complexity index is 716. The molecule has 0 radical (unpaired) electrons. The fourth-order valence-corrected chi connectivity index (χ4v) is 1.74. The molecule has 0 bridgehead atoms. The van der Waals surface area contributed by atoms with Crippen molar-refractivity contribution in [3.63, 3.8) is 0 Å². The van der Waals surface area contributed by atoms with Gasteiger partial charge in [0.2, 0.25) is 0 Å². The zero-order valence-electron chi connectivity index (χ0n) is 10.6. The first-order valence-electron chi connectivity index (χ1n) is 5.90. The molecule has 0 aliphatic rings. The molecule has 2 heterocycles. The highest BCUT2D eigenvalue weighted by molar-refractivity contribution is 6.30. The van der Waals surface area contributed by atoms with Crippen molar-refractivity contribution in [1.82, 2.24) is 9.55 Å². The number of alkyl halides is 1. The van der Waals surface area contributed by atoms with Crippen molar-refractivity contribution in [3.05, 3.63) is 57.5 Å². The molecule has 0 unspecified atom stereocenters. The Morgan fingerprint density at radius 2 is 2.19 bits per heavy atom. The van der Waals surface area contributed by atoms with Crippen molar-refractivity contribution >= 4 is 23.2 Å². The zero-order valence-corrected chi connectivity index (χ0v) is 11.4. The Kier molecular flexibility index (Phi) is 4.64. The first-order chi connectivity index (χ1) is 10.0. The third-order valence-corrected chi connectivity index (χ3v) is 2.81. The summed E-state index contributed by atoms with van der Waals surface area (Å²) in [6, 6.07) is 3.74. The molecule has 0 aromatic carbocycles. The van der Waals surface area contributed by atoms with Crippen LogP contribution in [0.5, 0.6) is 0 Å². The van der Waals surface area contributed by atoms with Crippen LogP contribution in [0.25, 0.3) is 0 Å². The number of hydrogen-bond donors (Lipinski definition) is 1. The molecule has 1 amide bonds. The summed E-state index contributed by atoms with van der Waals surface area (Å²) in [7, 11) is 0. The maximum Gasteiger partial charge on any atom is 0.286 e. The fourth-order valence-electron chi connectivity index (χ4n) is 1.63. The van der Waals surface area contributed by atoms with Crippen LogP contribution in [0.3, 0.4) is 0 Å². The van der Waals surface area contributed by atoms with Crippen molar-refractivity contribution in [2.75, 3.05) is 12.0 Å². The van der Waals surface area contributed by atoms with Gasteiger partial charge in [-0.1, -0.05) is 11.6 Å². The van der Waals surface area contributed by atoms with Crippen LogP contribution < -0.4 is 10.9 Å². The van der Waals surface area contributed by atoms with Crippen molar-refractivity contribution < 1.29 is 13.6 Å². The molecule has 110 valence electrons. The van der Waals surface area contributed by atoms with Gasteiger partial charge in [0, 0.05) is 18.5 Å². The number of aryl methyl sites for hydroxylation is 1. The Balaban J connectivity index is 2.25. The molecule has 0 saturated heterocycles. The molecule has 21 heavy (non-hydrogen) atoms. The topological polar surface area (TPSA) is 64.0 Å². The molecule has 0 saturated carbocycles. The summed E-state index contributed by atoms with van der Waals surface area (Å²) in [5.74, 6) is -1.68. The van der Waals surface area contributed by atoms with Gasteiger partial charge in [0.1, 0.15) is 12.4 Å². The van der Waals surface area contributed by atoms with E-state index in [0.717, 1.165) is 10.6 Å². The number of pyridine rings is 2. The number of hydrogen-bond acceptors (Lipinski definition) is 3. The van der Waals surface area contributed by atoms with Gasteiger partial charge in [-0.05, 0) is 12.1 Å². The van der Waals surface area contributed by atoms with Gasteiger partial charge in [0.15, 0.2) is 5.82 Å². The van der Waals surface area contributed by atoms with Crippen LogP contribution in [0.15, 0.2) is 35.4 Å². The lowest BCUT2D eigenvalue weighted by atomic mass is 10.3. The van der Waals surface area contributed by atoms with E-state index in [1.807, 2.05) is 0 Å². The highest BCUT2D eigenvalue weighted by atomic mass is 35.5. The maximum atomic E-state index is 13.4. The molecule has 0 spiro atoms. The van der Waals surface area contributed by atoms with Crippen LogP contribution in [-0.2, 0) is 6.54 Å². The van der Waals surface area contributed by atoms with Gasteiger partial charge in [-0.15, -0.1) is 0 Å². The monoisotopic (exact) mass is 313 g/mol. The number of rotatable bonds is 4. The van der Waals surface area contributed by atoms with E-state index in [2.05, 4.69) is 10.3 Å². The van der Waals surface area contributed by atoms with Crippen LogP contribution in [0, 0.1) is 5.82 Å². The molecule has 0 atom stereocenters. The standard InChI is InChI=1S/C13H10ClF2N3O2/c14-8-1-2-11(17-6-8)12(20)18-9-5-10(16)13(21)19(7-9)4-3-15/h1-2,5-7H,3-4H2,(H,18,20). The molecule has 1 N–H and O–H groups in total. The SMILES string of the molecule is O=C(Nc1cc(F)c(=O)n(CCF)c1)c1ccc(Cl)cn1.